The summed E-state index contributed by atoms with van der Waals surface area (Å²) in [6.45, 7) is 1.37. The molecule has 2 aromatic carbocycles. The lowest BCUT2D eigenvalue weighted by molar-refractivity contribution is -0.274. The highest BCUT2D eigenvalue weighted by molar-refractivity contribution is 7.89. The Morgan fingerprint density at radius 3 is 2.41 bits per heavy atom. The Kier molecular flexibility index (Phi) is 5.09. The minimum Gasteiger partial charge on any atom is -0.406 e. The molecule has 0 saturated heterocycles. The van der Waals surface area contributed by atoms with Crippen LogP contribution in [0.3, 0.4) is 0 Å². The molecule has 3 rings (SSSR count). The van der Waals surface area contributed by atoms with Crippen molar-refractivity contribution in [3.8, 4) is 28.1 Å². The van der Waals surface area contributed by atoms with Crippen molar-refractivity contribution < 1.29 is 39.6 Å². The van der Waals surface area contributed by atoms with Gasteiger partial charge in [0.25, 0.3) is 0 Å². The van der Waals surface area contributed by atoms with Gasteiger partial charge in [-0.05, 0) is 31.2 Å². The lowest BCUT2D eigenvalue weighted by Crippen LogP contribution is -2.17. The van der Waals surface area contributed by atoms with Gasteiger partial charge in [-0.15, -0.1) is 13.2 Å². The fraction of sp³-hybridized carbons (Fsp3) is 0.118. The molecule has 1 aromatic heterocycles. The van der Waals surface area contributed by atoms with E-state index in [4.69, 9.17) is 9.66 Å². The van der Waals surface area contributed by atoms with E-state index >= 15 is 0 Å². The molecule has 154 valence electrons. The van der Waals surface area contributed by atoms with E-state index in [1.165, 1.54) is 19.1 Å². The minimum absolute atomic E-state index is 0.0174. The number of hydrogen-bond donors (Lipinski definition) is 1. The number of benzene rings is 2. The maximum Gasteiger partial charge on any atom is 0.573 e. The van der Waals surface area contributed by atoms with Crippen LogP contribution in [-0.4, -0.2) is 19.9 Å². The van der Waals surface area contributed by atoms with E-state index in [2.05, 4.69) is 9.89 Å². The highest BCUT2D eigenvalue weighted by atomic mass is 32.2. The molecule has 6 nitrogen and oxygen atoms in total. The monoisotopic (exact) mass is 434 g/mol. The fourth-order valence-electron chi connectivity index (χ4n) is 2.67. The third-order valence-electron chi connectivity index (χ3n) is 3.80. The van der Waals surface area contributed by atoms with Crippen molar-refractivity contribution in [1.82, 2.24) is 5.16 Å². The van der Waals surface area contributed by atoms with E-state index in [1.54, 1.807) is 0 Å². The fourth-order valence-corrected chi connectivity index (χ4v) is 3.26. The average molecular weight is 434 g/mol. The summed E-state index contributed by atoms with van der Waals surface area (Å²) in [5, 5.41) is 8.54. The molecule has 0 aliphatic heterocycles. The quantitative estimate of drug-likeness (QED) is 0.623. The second-order valence-corrected chi connectivity index (χ2v) is 7.38. The highest BCUT2D eigenvalue weighted by Gasteiger charge is 2.31. The van der Waals surface area contributed by atoms with Gasteiger partial charge in [-0.2, -0.15) is 0 Å². The molecule has 0 radical (unpaired) electrons. The predicted octanol–water partition coefficient (Wildman–Crippen LogP) is 4.14. The number of halogens is 5. The van der Waals surface area contributed by atoms with Crippen LogP contribution in [0.5, 0.6) is 5.75 Å². The molecule has 0 bridgehead atoms. The van der Waals surface area contributed by atoms with Crippen LogP contribution in [0.15, 0.2) is 45.8 Å². The Hall–Kier alpha value is -2.99. The third kappa shape index (κ3) is 4.38. The molecule has 0 aliphatic rings. The van der Waals surface area contributed by atoms with E-state index in [1.807, 2.05) is 0 Å². The van der Waals surface area contributed by atoms with Crippen LogP contribution in [0.1, 0.15) is 5.76 Å². The number of nitrogens with zero attached hydrogens (tertiary/aromatic N) is 1. The van der Waals surface area contributed by atoms with Gasteiger partial charge in [0, 0.05) is 11.1 Å². The van der Waals surface area contributed by atoms with E-state index in [0.29, 0.717) is 12.1 Å². The topological polar surface area (TPSA) is 95.4 Å². The third-order valence-corrected chi connectivity index (χ3v) is 4.73. The van der Waals surface area contributed by atoms with Gasteiger partial charge in [-0.3, -0.25) is 0 Å². The molecule has 1 heterocycles. The van der Waals surface area contributed by atoms with Crippen LogP contribution in [0, 0.1) is 18.6 Å². The predicted molar refractivity (Wildman–Crippen MR) is 90.1 cm³/mol. The second kappa shape index (κ2) is 7.12. The largest absolute Gasteiger partial charge is 0.573 e. The Morgan fingerprint density at radius 1 is 1.10 bits per heavy atom. The first-order chi connectivity index (χ1) is 13.4. The van der Waals surface area contributed by atoms with E-state index in [0.717, 1.165) is 12.1 Å². The summed E-state index contributed by atoms with van der Waals surface area (Å²) in [4.78, 5) is -1.05. The van der Waals surface area contributed by atoms with Gasteiger partial charge >= 0.3 is 6.36 Å². The van der Waals surface area contributed by atoms with Crippen molar-refractivity contribution >= 4 is 10.0 Å². The smallest absolute Gasteiger partial charge is 0.406 e. The standard InChI is InChI=1S/C17H11F5N2O4S/c1-8-15(11-6-13(19)14(7-12(11)18)29(23,25)26)16(24-28-8)9-3-2-4-10(5-9)27-17(20,21)22/h2-7H,1H3,(H2,23,25,26). The summed E-state index contributed by atoms with van der Waals surface area (Å²) >= 11 is 0. The average Bonchev–Trinajstić information content (AvgIpc) is 2.96. The van der Waals surface area contributed by atoms with E-state index < -0.39 is 44.2 Å². The number of aromatic nitrogens is 1. The van der Waals surface area contributed by atoms with Crippen LogP contribution in [0.25, 0.3) is 22.4 Å². The summed E-state index contributed by atoms with van der Waals surface area (Å²) in [6.07, 6.45) is -4.93. The van der Waals surface area contributed by atoms with Gasteiger partial charge in [-0.1, -0.05) is 17.3 Å². The van der Waals surface area contributed by atoms with Crippen molar-refractivity contribution in [2.45, 2.75) is 18.2 Å². The zero-order valence-electron chi connectivity index (χ0n) is 14.4. The minimum atomic E-state index is -4.93. The SMILES string of the molecule is Cc1onc(-c2cccc(OC(F)(F)F)c2)c1-c1cc(F)c(S(N)(=O)=O)cc1F. The molecule has 12 heteroatoms. The van der Waals surface area contributed by atoms with Crippen molar-refractivity contribution in [1.29, 1.82) is 0 Å². The van der Waals surface area contributed by atoms with Crippen LogP contribution in [-0.2, 0) is 10.0 Å². The molecule has 0 saturated carbocycles. The first-order valence-corrected chi connectivity index (χ1v) is 9.26. The molecule has 0 atom stereocenters. The van der Waals surface area contributed by atoms with Crippen molar-refractivity contribution in [2.75, 3.05) is 0 Å². The Morgan fingerprint density at radius 2 is 1.79 bits per heavy atom. The van der Waals surface area contributed by atoms with Crippen molar-refractivity contribution in [3.05, 3.63) is 53.8 Å². The molecular weight excluding hydrogens is 423 g/mol. The van der Waals surface area contributed by atoms with Crippen LogP contribution in [0.2, 0.25) is 0 Å². The highest BCUT2D eigenvalue weighted by Crippen LogP contribution is 2.38. The van der Waals surface area contributed by atoms with E-state index in [9.17, 15) is 30.4 Å². The Balaban J connectivity index is 2.16. The summed E-state index contributed by atoms with van der Waals surface area (Å²) in [5.41, 5.74) is -0.525. The zero-order valence-corrected chi connectivity index (χ0v) is 15.2. The van der Waals surface area contributed by atoms with Gasteiger partial charge in [0.2, 0.25) is 10.0 Å². The van der Waals surface area contributed by atoms with Crippen LogP contribution >= 0.6 is 0 Å². The lowest BCUT2D eigenvalue weighted by atomic mass is 9.99. The summed E-state index contributed by atoms with van der Waals surface area (Å²) in [6, 6.07) is 5.63. The zero-order chi connectivity index (χ0) is 21.6. The maximum absolute atomic E-state index is 14.6. The van der Waals surface area contributed by atoms with Gasteiger partial charge in [0.15, 0.2) is 0 Å². The van der Waals surface area contributed by atoms with Crippen LogP contribution < -0.4 is 9.88 Å². The summed E-state index contributed by atoms with van der Waals surface area (Å²) in [7, 11) is -4.51. The second-order valence-electron chi connectivity index (χ2n) is 5.85. The lowest BCUT2D eigenvalue weighted by Gasteiger charge is -2.10. The molecular formula is C17H11F5N2O4S. The van der Waals surface area contributed by atoms with Gasteiger partial charge in [0.05, 0.1) is 5.56 Å². The van der Waals surface area contributed by atoms with Gasteiger partial charge < -0.3 is 9.26 Å². The number of primary sulfonamides is 1. The molecule has 0 aliphatic carbocycles. The Labute approximate surface area is 160 Å². The number of ether oxygens (including phenoxy) is 1. The number of rotatable bonds is 4. The van der Waals surface area contributed by atoms with Crippen molar-refractivity contribution in [2.24, 2.45) is 5.14 Å². The first kappa shape index (κ1) is 20.7. The number of sulfonamides is 1. The molecule has 0 unspecified atom stereocenters. The van der Waals surface area contributed by atoms with E-state index in [-0.39, 0.29) is 22.6 Å². The molecule has 2 N–H and O–H groups in total. The summed E-state index contributed by atoms with van der Waals surface area (Å²) in [5.74, 6) is -3.00. The number of alkyl halides is 3. The van der Waals surface area contributed by atoms with Crippen molar-refractivity contribution in [3.63, 3.8) is 0 Å². The maximum atomic E-state index is 14.6. The molecule has 0 spiro atoms. The molecule has 3 aromatic rings. The number of nitrogens with two attached hydrogens (primary N) is 1. The number of aryl methyl sites for hydroxylation is 1. The normalized spacial score (nSPS) is 12.2. The van der Waals surface area contributed by atoms with Gasteiger partial charge in [0.1, 0.15) is 33.7 Å². The van der Waals surface area contributed by atoms with Gasteiger partial charge in [-0.25, -0.2) is 22.3 Å². The molecule has 0 fully saturated rings. The first-order valence-electron chi connectivity index (χ1n) is 7.71. The Bertz CT molecular complexity index is 1190. The van der Waals surface area contributed by atoms with Crippen LogP contribution in [0.4, 0.5) is 22.0 Å². The summed E-state index contributed by atoms with van der Waals surface area (Å²) < 4.78 is 97.7. The molecule has 0 amide bonds. The molecule has 29 heavy (non-hydrogen) atoms. The number of hydrogen-bond acceptors (Lipinski definition) is 5.